The number of alkyl halides is 2. The summed E-state index contributed by atoms with van der Waals surface area (Å²) in [4.78, 5) is 34.0. The Balaban J connectivity index is 1.50. The van der Waals surface area contributed by atoms with E-state index in [0.717, 1.165) is 64.0 Å². The molecule has 0 radical (unpaired) electrons. The third kappa shape index (κ3) is 4.42. The minimum absolute atomic E-state index is 0.0290. The standard InChI is InChI=1S/C36H37F2N5O5/c1-5-39-27-16-21-15-22-17-28(40-6-2)20(4)14-26(22)35(25(21)13-19(27)3)24-10-8-7-9-23(24)32(46)43(35)30-11-12-42(34(47)41-30)33-36(37,38)31(45)29(18-44)48-33/h7-14,16-17,29,31,33,39-40,44-45H,5-6,15,18H2,1-4H3/t29-,31-,33-/m1/s1. The van der Waals surface area contributed by atoms with Crippen LogP contribution >= 0.6 is 0 Å². The number of carbonyl (C=O) groups excluding carboxylic acids is 1. The molecule has 0 saturated carbocycles. The fraction of sp³-hybridized carbons (Fsp3) is 0.361. The molecule has 0 unspecified atom stereocenters. The number of hydrogen-bond donors (Lipinski definition) is 4. The summed E-state index contributed by atoms with van der Waals surface area (Å²) in [5, 5.41) is 26.4. The first kappa shape index (κ1) is 31.9. The second-order valence-corrected chi connectivity index (χ2v) is 12.6. The summed E-state index contributed by atoms with van der Waals surface area (Å²) < 4.78 is 35.9. The van der Waals surface area contributed by atoms with Crippen molar-refractivity contribution in [3.05, 3.63) is 116 Å². The molecule has 3 atom stereocenters. The first-order valence-corrected chi connectivity index (χ1v) is 16.1. The van der Waals surface area contributed by atoms with Crippen LogP contribution in [0.15, 0.2) is 65.6 Å². The van der Waals surface area contributed by atoms with Crippen molar-refractivity contribution in [3.8, 4) is 0 Å². The van der Waals surface area contributed by atoms with Gasteiger partial charge in [-0.25, -0.2) is 4.79 Å². The van der Waals surface area contributed by atoms with E-state index in [2.05, 4.69) is 39.9 Å². The Morgan fingerprint density at radius 1 is 0.938 bits per heavy atom. The Morgan fingerprint density at radius 3 is 2.08 bits per heavy atom. The quantitative estimate of drug-likeness (QED) is 0.229. The number of nitrogens with zero attached hydrogens (tertiary/aromatic N) is 3. The van der Waals surface area contributed by atoms with Gasteiger partial charge in [-0.15, -0.1) is 0 Å². The zero-order valence-corrected chi connectivity index (χ0v) is 27.1. The Hall–Kier alpha value is -4.65. The van der Waals surface area contributed by atoms with Crippen molar-refractivity contribution in [3.63, 3.8) is 0 Å². The van der Waals surface area contributed by atoms with Crippen molar-refractivity contribution >= 4 is 23.1 Å². The van der Waals surface area contributed by atoms with Gasteiger partial charge in [0.1, 0.15) is 17.5 Å². The van der Waals surface area contributed by atoms with Gasteiger partial charge in [0.05, 0.1) is 6.61 Å². The predicted octanol–water partition coefficient (Wildman–Crippen LogP) is 4.47. The number of nitrogens with one attached hydrogen (secondary N) is 2. The largest absolute Gasteiger partial charge is 0.394 e. The number of anilines is 3. The van der Waals surface area contributed by atoms with Crippen LogP contribution in [0.25, 0.3) is 0 Å². The van der Waals surface area contributed by atoms with Gasteiger partial charge in [-0.2, -0.15) is 13.8 Å². The average molecular weight is 658 g/mol. The Bertz CT molecular complexity index is 1950. The van der Waals surface area contributed by atoms with Crippen LogP contribution in [0, 0.1) is 13.8 Å². The van der Waals surface area contributed by atoms with Gasteiger partial charge in [-0.3, -0.25) is 14.3 Å². The van der Waals surface area contributed by atoms with Crippen LogP contribution in [-0.2, 0) is 16.7 Å². The lowest BCUT2D eigenvalue weighted by atomic mass is 9.67. The molecule has 4 N–H and O–H groups in total. The van der Waals surface area contributed by atoms with Gasteiger partial charge in [0.2, 0.25) is 6.23 Å². The Kier molecular flexibility index (Phi) is 7.65. The van der Waals surface area contributed by atoms with Gasteiger partial charge < -0.3 is 25.6 Å². The van der Waals surface area contributed by atoms with E-state index in [1.807, 2.05) is 39.8 Å². The van der Waals surface area contributed by atoms with Crippen LogP contribution in [0.2, 0.25) is 0 Å². The number of aliphatic hydroxyl groups is 2. The summed E-state index contributed by atoms with van der Waals surface area (Å²) >= 11 is 0. The lowest BCUT2D eigenvalue weighted by Crippen LogP contribution is -2.50. The molecule has 250 valence electrons. The first-order valence-electron chi connectivity index (χ1n) is 16.1. The number of benzene rings is 3. The number of aryl methyl sites for hydroxylation is 2. The molecule has 3 aliphatic rings. The van der Waals surface area contributed by atoms with Gasteiger partial charge in [-0.05, 0) is 97.3 Å². The fourth-order valence-electron chi connectivity index (χ4n) is 7.59. The minimum atomic E-state index is -3.88. The maximum Gasteiger partial charge on any atom is 0.351 e. The van der Waals surface area contributed by atoms with E-state index >= 15 is 8.78 Å². The van der Waals surface area contributed by atoms with Gasteiger partial charge in [0.15, 0.2) is 6.10 Å². The van der Waals surface area contributed by atoms with Crippen molar-refractivity contribution in [1.29, 1.82) is 0 Å². The molecule has 12 heteroatoms. The average Bonchev–Trinajstić information content (AvgIpc) is 3.45. The van der Waals surface area contributed by atoms with Crippen LogP contribution < -0.4 is 21.2 Å². The van der Waals surface area contributed by atoms with E-state index in [1.165, 1.54) is 11.0 Å². The SMILES string of the molecule is CCNc1cc2c(cc1C)C1(c3cc(C)c(NCC)cc3C2)c2ccccc2C(=O)N1c1ccn([C@@H]2O[C@H](CO)[C@@H](O)C2(F)F)c(=O)n1. The molecule has 4 aromatic rings. The molecule has 1 aromatic heterocycles. The maximum absolute atomic E-state index is 15.1. The number of hydrogen-bond acceptors (Lipinski definition) is 8. The van der Waals surface area contributed by atoms with Crippen LogP contribution in [0.4, 0.5) is 26.0 Å². The van der Waals surface area contributed by atoms with Crippen molar-refractivity contribution in [2.24, 2.45) is 0 Å². The van der Waals surface area contributed by atoms with Crippen molar-refractivity contribution in [2.45, 2.75) is 64.0 Å². The summed E-state index contributed by atoms with van der Waals surface area (Å²) in [5.41, 5.74) is 6.37. The molecule has 10 nitrogen and oxygen atoms in total. The second-order valence-electron chi connectivity index (χ2n) is 12.6. The highest BCUT2D eigenvalue weighted by molar-refractivity contribution is 6.13. The third-order valence-electron chi connectivity index (χ3n) is 9.74. The van der Waals surface area contributed by atoms with E-state index < -0.39 is 48.1 Å². The lowest BCUT2D eigenvalue weighted by Gasteiger charge is -2.45. The Labute approximate surface area is 276 Å². The number of amides is 1. The highest BCUT2D eigenvalue weighted by atomic mass is 19.3. The number of halogens is 2. The number of rotatable bonds is 7. The van der Waals surface area contributed by atoms with Crippen molar-refractivity contribution < 1.29 is 28.5 Å². The van der Waals surface area contributed by atoms with Crippen molar-refractivity contribution in [1.82, 2.24) is 9.55 Å². The molecule has 1 aliphatic carbocycles. The molecular formula is C36H37F2N5O5. The summed E-state index contributed by atoms with van der Waals surface area (Å²) in [6.07, 6.45) is -4.42. The maximum atomic E-state index is 15.1. The second kappa shape index (κ2) is 11.5. The molecule has 1 spiro atoms. The first-order chi connectivity index (χ1) is 23.0. The molecule has 3 aromatic carbocycles. The van der Waals surface area contributed by atoms with Gasteiger partial charge >= 0.3 is 11.6 Å². The number of aliphatic hydroxyl groups excluding tert-OH is 2. The number of ether oxygens (including phenoxy) is 1. The molecule has 3 heterocycles. The molecular weight excluding hydrogens is 620 g/mol. The smallest absolute Gasteiger partial charge is 0.351 e. The van der Waals surface area contributed by atoms with Crippen LogP contribution in [0.1, 0.15) is 69.4 Å². The van der Waals surface area contributed by atoms with Crippen molar-refractivity contribution in [2.75, 3.05) is 35.2 Å². The van der Waals surface area contributed by atoms with E-state index in [-0.39, 0.29) is 5.82 Å². The third-order valence-corrected chi connectivity index (χ3v) is 9.74. The van der Waals surface area contributed by atoms with Crippen LogP contribution in [0.3, 0.4) is 0 Å². The molecule has 0 bridgehead atoms. The number of carbonyl (C=O) groups is 1. The normalized spacial score (nSPS) is 21.6. The number of aromatic nitrogens is 2. The van der Waals surface area contributed by atoms with E-state index in [9.17, 15) is 19.8 Å². The molecule has 7 rings (SSSR count). The van der Waals surface area contributed by atoms with Gasteiger partial charge in [0.25, 0.3) is 5.91 Å². The highest BCUT2D eigenvalue weighted by Gasteiger charge is 2.60. The lowest BCUT2D eigenvalue weighted by molar-refractivity contribution is -0.140. The summed E-state index contributed by atoms with van der Waals surface area (Å²) in [6, 6.07) is 17.1. The fourth-order valence-corrected chi connectivity index (χ4v) is 7.59. The van der Waals surface area contributed by atoms with Gasteiger partial charge in [-0.1, -0.05) is 30.3 Å². The van der Waals surface area contributed by atoms with Crippen LogP contribution in [-0.4, -0.2) is 63.5 Å². The topological polar surface area (TPSA) is 129 Å². The Morgan fingerprint density at radius 2 is 1.54 bits per heavy atom. The minimum Gasteiger partial charge on any atom is -0.394 e. The molecule has 1 fully saturated rings. The zero-order chi connectivity index (χ0) is 34.1. The summed E-state index contributed by atoms with van der Waals surface area (Å²) in [6.45, 7) is 8.64. The molecule has 2 aliphatic heterocycles. The zero-order valence-electron chi connectivity index (χ0n) is 27.1. The molecule has 1 amide bonds. The van der Waals surface area contributed by atoms with E-state index in [1.54, 1.807) is 12.1 Å². The predicted molar refractivity (Wildman–Crippen MR) is 177 cm³/mol. The summed E-state index contributed by atoms with van der Waals surface area (Å²) in [7, 11) is 0. The summed E-state index contributed by atoms with van der Waals surface area (Å²) in [5.74, 6) is -4.31. The van der Waals surface area contributed by atoms with Gasteiger partial charge in [0, 0.05) is 36.2 Å². The molecule has 48 heavy (non-hydrogen) atoms. The van der Waals surface area contributed by atoms with E-state index in [4.69, 9.17) is 4.74 Å². The monoisotopic (exact) mass is 657 g/mol. The highest BCUT2D eigenvalue weighted by Crippen LogP contribution is 2.56. The van der Waals surface area contributed by atoms with E-state index in [0.29, 0.717) is 22.1 Å². The molecule has 1 saturated heterocycles. The number of fused-ring (bicyclic) bond motifs is 6. The van der Waals surface area contributed by atoms with Crippen LogP contribution in [0.5, 0.6) is 0 Å².